The van der Waals surface area contributed by atoms with Crippen LogP contribution in [0.1, 0.15) is 18.5 Å². The highest BCUT2D eigenvalue weighted by atomic mass is 32.1. The normalized spacial score (nSPS) is 16.4. The summed E-state index contributed by atoms with van der Waals surface area (Å²) in [4.78, 5) is 23.2. The van der Waals surface area contributed by atoms with Crippen LogP contribution in [0.5, 0.6) is 0 Å². The molecule has 3 rings (SSSR count). The highest BCUT2D eigenvalue weighted by Crippen LogP contribution is 2.29. The number of hydrogen-bond donors (Lipinski definition) is 3. The molecule has 0 saturated heterocycles. The van der Waals surface area contributed by atoms with Crippen LogP contribution in [0.15, 0.2) is 59.8 Å². The zero-order chi connectivity index (χ0) is 19.6. The van der Waals surface area contributed by atoms with E-state index in [4.69, 9.17) is 12.2 Å². The first kappa shape index (κ1) is 18.5. The van der Waals surface area contributed by atoms with Gasteiger partial charge in [0.2, 0.25) is 0 Å². The number of nitrogens with zero attached hydrogens (tertiary/aromatic N) is 1. The Kier molecular flexibility index (Phi) is 5.13. The fourth-order valence-electron chi connectivity index (χ4n) is 2.77. The molecule has 0 saturated carbocycles. The number of nitro benzene ring substituents is 1. The number of amides is 1. The summed E-state index contributed by atoms with van der Waals surface area (Å²) in [6, 6.07) is 10.7. The first-order chi connectivity index (χ1) is 12.8. The molecule has 2 aromatic carbocycles. The lowest BCUT2D eigenvalue weighted by molar-refractivity contribution is -0.384. The van der Waals surface area contributed by atoms with Crippen molar-refractivity contribution in [3.05, 3.63) is 81.3 Å². The number of hydrogen-bond acceptors (Lipinski definition) is 4. The molecular weight excluding hydrogens is 371 g/mol. The van der Waals surface area contributed by atoms with Crippen LogP contribution in [0, 0.1) is 15.9 Å². The quantitative estimate of drug-likeness (QED) is 0.424. The van der Waals surface area contributed by atoms with Gasteiger partial charge in [-0.3, -0.25) is 14.9 Å². The molecular formula is C18H15FN4O3S. The van der Waals surface area contributed by atoms with Gasteiger partial charge in [-0.1, -0.05) is 0 Å². The zero-order valence-corrected chi connectivity index (χ0v) is 15.0. The van der Waals surface area contributed by atoms with Crippen LogP contribution in [0.25, 0.3) is 0 Å². The minimum absolute atomic E-state index is 0.0479. The van der Waals surface area contributed by atoms with E-state index in [2.05, 4.69) is 16.0 Å². The largest absolute Gasteiger partial charge is 0.351 e. The fraction of sp³-hybridized carbons (Fsp3) is 0.111. The van der Waals surface area contributed by atoms with E-state index in [0.717, 1.165) is 0 Å². The van der Waals surface area contributed by atoms with E-state index in [1.54, 1.807) is 19.1 Å². The Bertz CT molecular complexity index is 942. The van der Waals surface area contributed by atoms with Crippen molar-refractivity contribution in [1.29, 1.82) is 0 Å². The molecule has 0 bridgehead atoms. The third kappa shape index (κ3) is 4.09. The molecule has 27 heavy (non-hydrogen) atoms. The van der Waals surface area contributed by atoms with E-state index >= 15 is 0 Å². The molecule has 138 valence electrons. The second kappa shape index (κ2) is 7.50. The number of halogens is 1. The first-order valence-corrected chi connectivity index (χ1v) is 8.35. The lowest BCUT2D eigenvalue weighted by atomic mass is 9.94. The lowest BCUT2D eigenvalue weighted by Gasteiger charge is -2.30. The number of thiocarbonyl (C=S) groups is 1. The number of carbonyl (C=O) groups is 1. The second-order valence-corrected chi connectivity index (χ2v) is 6.29. The number of nitro groups is 1. The maximum atomic E-state index is 13.1. The summed E-state index contributed by atoms with van der Waals surface area (Å²) in [5.74, 6) is -0.802. The van der Waals surface area contributed by atoms with Gasteiger partial charge in [0.25, 0.3) is 11.6 Å². The minimum atomic E-state index is -0.583. The predicted octanol–water partition coefficient (Wildman–Crippen LogP) is 3.17. The van der Waals surface area contributed by atoms with Crippen molar-refractivity contribution in [3.63, 3.8) is 0 Å². The van der Waals surface area contributed by atoms with Crippen molar-refractivity contribution in [1.82, 2.24) is 10.6 Å². The highest BCUT2D eigenvalue weighted by Gasteiger charge is 2.30. The number of benzene rings is 2. The predicted molar refractivity (Wildman–Crippen MR) is 102 cm³/mol. The van der Waals surface area contributed by atoms with Gasteiger partial charge in [-0.15, -0.1) is 0 Å². The van der Waals surface area contributed by atoms with Gasteiger partial charge >= 0.3 is 0 Å². The van der Waals surface area contributed by atoms with Crippen molar-refractivity contribution in [2.45, 2.75) is 13.0 Å². The van der Waals surface area contributed by atoms with Gasteiger partial charge < -0.3 is 16.0 Å². The Balaban J connectivity index is 1.92. The third-order valence-corrected chi connectivity index (χ3v) is 4.27. The number of anilines is 1. The zero-order valence-electron chi connectivity index (χ0n) is 14.2. The summed E-state index contributed by atoms with van der Waals surface area (Å²) >= 11 is 5.17. The molecule has 9 heteroatoms. The van der Waals surface area contributed by atoms with E-state index in [1.165, 1.54) is 36.4 Å². The molecule has 0 aliphatic carbocycles. The molecule has 2 aromatic rings. The molecule has 3 N–H and O–H groups in total. The minimum Gasteiger partial charge on any atom is -0.351 e. The Labute approximate surface area is 159 Å². The van der Waals surface area contributed by atoms with E-state index in [-0.39, 0.29) is 5.69 Å². The van der Waals surface area contributed by atoms with Crippen molar-refractivity contribution in [2.24, 2.45) is 0 Å². The van der Waals surface area contributed by atoms with Gasteiger partial charge in [0.15, 0.2) is 5.11 Å². The summed E-state index contributed by atoms with van der Waals surface area (Å²) in [5.41, 5.74) is 1.97. The lowest BCUT2D eigenvalue weighted by Crippen LogP contribution is -2.45. The van der Waals surface area contributed by atoms with Crippen LogP contribution < -0.4 is 16.0 Å². The fourth-order valence-corrected chi connectivity index (χ4v) is 3.04. The molecule has 0 aromatic heterocycles. The molecule has 0 unspecified atom stereocenters. The van der Waals surface area contributed by atoms with Gasteiger partial charge in [-0.05, 0) is 61.1 Å². The average molecular weight is 386 g/mol. The number of rotatable bonds is 4. The Morgan fingerprint density at radius 3 is 2.41 bits per heavy atom. The maximum absolute atomic E-state index is 13.1. The Morgan fingerprint density at radius 2 is 1.81 bits per heavy atom. The molecule has 1 heterocycles. The van der Waals surface area contributed by atoms with Crippen molar-refractivity contribution in [3.8, 4) is 0 Å². The van der Waals surface area contributed by atoms with Gasteiger partial charge in [-0.25, -0.2) is 4.39 Å². The summed E-state index contributed by atoms with van der Waals surface area (Å²) in [5, 5.41) is 19.8. The Hall–Kier alpha value is -3.33. The Morgan fingerprint density at radius 1 is 1.19 bits per heavy atom. The summed E-state index contributed by atoms with van der Waals surface area (Å²) in [7, 11) is 0. The van der Waals surface area contributed by atoms with Crippen molar-refractivity contribution < 1.29 is 14.1 Å². The van der Waals surface area contributed by atoms with E-state index in [9.17, 15) is 19.3 Å². The number of nitrogens with one attached hydrogen (secondary N) is 3. The summed E-state index contributed by atoms with van der Waals surface area (Å²) in [6.45, 7) is 1.71. The van der Waals surface area contributed by atoms with E-state index in [0.29, 0.717) is 27.6 Å². The number of allylic oxidation sites excluding steroid dienone is 1. The van der Waals surface area contributed by atoms with Crippen LogP contribution in [0.2, 0.25) is 0 Å². The van der Waals surface area contributed by atoms with Crippen LogP contribution in [-0.2, 0) is 4.79 Å². The van der Waals surface area contributed by atoms with Crippen LogP contribution in [0.3, 0.4) is 0 Å². The SMILES string of the molecule is CC1=C(C(=O)Nc2ccc(F)cc2)[C@H](c2ccc([N+](=O)[O-])cc2)NC(=S)N1. The highest BCUT2D eigenvalue weighted by molar-refractivity contribution is 7.80. The molecule has 1 aliphatic rings. The number of non-ortho nitro benzene ring substituents is 1. The average Bonchev–Trinajstić information content (AvgIpc) is 2.63. The molecule has 0 spiro atoms. The van der Waals surface area contributed by atoms with E-state index in [1.807, 2.05) is 0 Å². The van der Waals surface area contributed by atoms with Gasteiger partial charge in [0.05, 0.1) is 16.5 Å². The standard InChI is InChI=1S/C18H15FN4O3S/c1-10-15(17(24)21-13-6-4-12(19)5-7-13)16(22-18(27)20-10)11-2-8-14(9-3-11)23(25)26/h2-9,16H,1H3,(H,21,24)(H2,20,22,27)/t16-/m0/s1. The summed E-state index contributed by atoms with van der Waals surface area (Å²) < 4.78 is 13.1. The number of carbonyl (C=O) groups excluding carboxylic acids is 1. The maximum Gasteiger partial charge on any atom is 0.269 e. The molecule has 0 fully saturated rings. The van der Waals surface area contributed by atoms with Crippen LogP contribution in [-0.4, -0.2) is 15.9 Å². The smallest absolute Gasteiger partial charge is 0.269 e. The molecule has 7 nitrogen and oxygen atoms in total. The second-order valence-electron chi connectivity index (χ2n) is 5.88. The van der Waals surface area contributed by atoms with Gasteiger partial charge in [-0.2, -0.15) is 0 Å². The summed E-state index contributed by atoms with van der Waals surface area (Å²) in [6.07, 6.45) is 0. The first-order valence-electron chi connectivity index (χ1n) is 7.94. The van der Waals surface area contributed by atoms with Crippen molar-refractivity contribution in [2.75, 3.05) is 5.32 Å². The van der Waals surface area contributed by atoms with Gasteiger partial charge in [0, 0.05) is 23.5 Å². The molecule has 1 atom stereocenters. The van der Waals surface area contributed by atoms with Crippen molar-refractivity contribution >= 4 is 34.6 Å². The monoisotopic (exact) mass is 386 g/mol. The van der Waals surface area contributed by atoms with Gasteiger partial charge in [0.1, 0.15) is 5.82 Å². The third-order valence-electron chi connectivity index (χ3n) is 4.05. The topological polar surface area (TPSA) is 96.3 Å². The van der Waals surface area contributed by atoms with Crippen LogP contribution in [0.4, 0.5) is 15.8 Å². The molecule has 1 aliphatic heterocycles. The molecule has 0 radical (unpaired) electrons. The molecule has 1 amide bonds. The van der Waals surface area contributed by atoms with E-state index < -0.39 is 22.7 Å². The van der Waals surface area contributed by atoms with Crippen LogP contribution >= 0.6 is 12.2 Å².